The Labute approximate surface area is 175 Å². The minimum Gasteiger partial charge on any atom is -0.302 e. The molecule has 0 saturated heterocycles. The summed E-state index contributed by atoms with van der Waals surface area (Å²) < 4.78 is 1.000. The third kappa shape index (κ3) is 3.07. The second-order valence-corrected chi connectivity index (χ2v) is 8.31. The predicted octanol–water partition coefficient (Wildman–Crippen LogP) is 5.86. The molecule has 0 atom stereocenters. The Hall–Kier alpha value is -2.76. The number of anilines is 3. The topological polar surface area (TPSA) is 28.0 Å². The molecule has 1 aromatic heterocycles. The Balaban J connectivity index is 1.64. The SMILES string of the molecule is Brc1ccc(-c2ccc(N(c3ccccc3)c3ccccc3)s2)c2c1=NCN=2. The highest BCUT2D eigenvalue weighted by molar-refractivity contribution is 9.10. The van der Waals surface area contributed by atoms with E-state index in [1.54, 1.807) is 11.3 Å². The van der Waals surface area contributed by atoms with E-state index in [1.807, 2.05) is 12.1 Å². The molecular formula is C23H16BrN3S. The number of para-hydroxylation sites is 2. The minimum absolute atomic E-state index is 0.503. The molecule has 0 bridgehead atoms. The lowest BCUT2D eigenvalue weighted by atomic mass is 10.1. The van der Waals surface area contributed by atoms with E-state index in [2.05, 4.69) is 104 Å². The number of nitrogens with zero attached hydrogens (tertiary/aromatic N) is 3. The lowest BCUT2D eigenvalue weighted by Gasteiger charge is -2.23. The van der Waals surface area contributed by atoms with Crippen LogP contribution in [0.2, 0.25) is 0 Å². The highest BCUT2D eigenvalue weighted by Gasteiger charge is 2.16. The monoisotopic (exact) mass is 445 g/mol. The maximum Gasteiger partial charge on any atom is 0.131 e. The molecule has 0 aliphatic carbocycles. The fourth-order valence-electron chi connectivity index (χ4n) is 3.39. The van der Waals surface area contributed by atoms with Gasteiger partial charge >= 0.3 is 0 Å². The molecule has 1 aliphatic rings. The summed E-state index contributed by atoms with van der Waals surface area (Å²) >= 11 is 5.35. The van der Waals surface area contributed by atoms with Crippen molar-refractivity contribution in [3.8, 4) is 10.4 Å². The van der Waals surface area contributed by atoms with Crippen LogP contribution in [0.25, 0.3) is 10.4 Å². The molecule has 0 amide bonds. The van der Waals surface area contributed by atoms with Crippen molar-refractivity contribution < 1.29 is 0 Å². The summed E-state index contributed by atoms with van der Waals surface area (Å²) in [5, 5.41) is 3.10. The number of halogens is 1. The third-order valence-electron chi connectivity index (χ3n) is 4.67. The second kappa shape index (κ2) is 7.34. The molecule has 0 unspecified atom stereocenters. The van der Waals surface area contributed by atoms with Crippen LogP contribution in [-0.4, -0.2) is 6.67 Å². The zero-order valence-electron chi connectivity index (χ0n) is 14.9. The number of benzene rings is 3. The quantitative estimate of drug-likeness (QED) is 0.386. The van der Waals surface area contributed by atoms with Gasteiger partial charge in [-0.25, -0.2) is 0 Å². The van der Waals surface area contributed by atoms with Crippen molar-refractivity contribution in [2.45, 2.75) is 0 Å². The number of thiophene rings is 1. The lowest BCUT2D eigenvalue weighted by Crippen LogP contribution is -2.25. The van der Waals surface area contributed by atoms with Crippen LogP contribution in [0, 0.1) is 0 Å². The first-order valence-corrected chi connectivity index (χ1v) is 10.6. The van der Waals surface area contributed by atoms with E-state index in [0.717, 1.165) is 32.1 Å². The molecule has 0 radical (unpaired) electrons. The van der Waals surface area contributed by atoms with Crippen LogP contribution in [0.4, 0.5) is 16.4 Å². The van der Waals surface area contributed by atoms with E-state index in [1.165, 1.54) is 9.88 Å². The molecule has 0 spiro atoms. The van der Waals surface area contributed by atoms with Crippen molar-refractivity contribution in [2.24, 2.45) is 9.98 Å². The lowest BCUT2D eigenvalue weighted by molar-refractivity contribution is 1.06. The second-order valence-electron chi connectivity index (χ2n) is 6.39. The summed E-state index contributed by atoms with van der Waals surface area (Å²) in [6.07, 6.45) is 0. The van der Waals surface area contributed by atoms with Gasteiger partial charge in [0.25, 0.3) is 0 Å². The van der Waals surface area contributed by atoms with Gasteiger partial charge in [0.15, 0.2) is 0 Å². The molecule has 5 heteroatoms. The molecule has 2 heterocycles. The van der Waals surface area contributed by atoms with Gasteiger partial charge < -0.3 is 4.90 Å². The van der Waals surface area contributed by atoms with Crippen LogP contribution in [0.5, 0.6) is 0 Å². The highest BCUT2D eigenvalue weighted by Crippen LogP contribution is 2.40. The Bertz CT molecular complexity index is 1210. The van der Waals surface area contributed by atoms with Gasteiger partial charge in [-0.3, -0.25) is 9.98 Å². The Morgan fingerprint density at radius 3 is 2.04 bits per heavy atom. The smallest absolute Gasteiger partial charge is 0.131 e. The number of rotatable bonds is 4. The van der Waals surface area contributed by atoms with Gasteiger partial charge in [0.1, 0.15) is 11.7 Å². The summed E-state index contributed by atoms with van der Waals surface area (Å²) in [7, 11) is 0. The number of hydrogen-bond acceptors (Lipinski definition) is 4. The summed E-state index contributed by atoms with van der Waals surface area (Å²) in [4.78, 5) is 12.6. The molecule has 0 saturated carbocycles. The molecule has 136 valence electrons. The first-order chi connectivity index (χ1) is 13.8. The molecule has 3 aromatic carbocycles. The van der Waals surface area contributed by atoms with Crippen LogP contribution in [0.3, 0.4) is 0 Å². The average molecular weight is 446 g/mol. The van der Waals surface area contributed by atoms with Crippen LogP contribution in [0.1, 0.15) is 0 Å². The van der Waals surface area contributed by atoms with Crippen LogP contribution in [0.15, 0.2) is 99.4 Å². The van der Waals surface area contributed by atoms with Gasteiger partial charge in [0.05, 0.1) is 10.7 Å². The fourth-order valence-corrected chi connectivity index (χ4v) is 4.91. The van der Waals surface area contributed by atoms with E-state index < -0.39 is 0 Å². The van der Waals surface area contributed by atoms with E-state index in [9.17, 15) is 0 Å². The minimum atomic E-state index is 0.503. The van der Waals surface area contributed by atoms with Gasteiger partial charge in [-0.1, -0.05) is 42.5 Å². The van der Waals surface area contributed by atoms with E-state index >= 15 is 0 Å². The molecular weight excluding hydrogens is 430 g/mol. The Kier molecular flexibility index (Phi) is 4.55. The van der Waals surface area contributed by atoms with Crippen molar-refractivity contribution in [1.82, 2.24) is 0 Å². The fraction of sp³-hybridized carbons (Fsp3) is 0.0435. The van der Waals surface area contributed by atoms with Crippen LogP contribution >= 0.6 is 27.3 Å². The third-order valence-corrected chi connectivity index (χ3v) is 6.41. The van der Waals surface area contributed by atoms with Crippen molar-refractivity contribution >= 4 is 43.6 Å². The summed E-state index contributed by atoms with van der Waals surface area (Å²) in [5.74, 6) is 0. The summed E-state index contributed by atoms with van der Waals surface area (Å²) in [6, 6.07) is 29.5. The molecule has 0 fully saturated rings. The van der Waals surface area contributed by atoms with Gasteiger partial charge in [-0.2, -0.15) is 0 Å². The predicted molar refractivity (Wildman–Crippen MR) is 119 cm³/mol. The Morgan fingerprint density at radius 2 is 1.36 bits per heavy atom. The van der Waals surface area contributed by atoms with Crippen molar-refractivity contribution in [2.75, 3.05) is 11.6 Å². The largest absolute Gasteiger partial charge is 0.302 e. The summed E-state index contributed by atoms with van der Waals surface area (Å²) in [6.45, 7) is 0.503. The van der Waals surface area contributed by atoms with E-state index in [4.69, 9.17) is 0 Å². The average Bonchev–Trinajstić information content (AvgIpc) is 3.41. The Morgan fingerprint density at radius 1 is 0.714 bits per heavy atom. The molecule has 1 aliphatic heterocycles. The maximum atomic E-state index is 4.60. The van der Waals surface area contributed by atoms with Gasteiger partial charge in [0, 0.05) is 26.3 Å². The van der Waals surface area contributed by atoms with Crippen LogP contribution < -0.4 is 15.6 Å². The van der Waals surface area contributed by atoms with Gasteiger partial charge in [0.2, 0.25) is 0 Å². The zero-order valence-corrected chi connectivity index (χ0v) is 17.3. The first-order valence-electron chi connectivity index (χ1n) is 8.99. The van der Waals surface area contributed by atoms with Crippen molar-refractivity contribution in [3.05, 3.63) is 100 Å². The molecule has 3 nitrogen and oxygen atoms in total. The summed E-state index contributed by atoms with van der Waals surface area (Å²) in [5.41, 5.74) is 3.42. The van der Waals surface area contributed by atoms with Crippen LogP contribution in [-0.2, 0) is 0 Å². The molecule has 4 aromatic rings. The first kappa shape index (κ1) is 17.3. The van der Waals surface area contributed by atoms with Crippen molar-refractivity contribution in [3.63, 3.8) is 0 Å². The van der Waals surface area contributed by atoms with Gasteiger partial charge in [-0.05, 0) is 58.4 Å². The maximum absolute atomic E-state index is 4.60. The van der Waals surface area contributed by atoms with E-state index in [-0.39, 0.29) is 0 Å². The standard InChI is InChI=1S/C23H16BrN3S/c24-19-12-11-18(22-23(19)26-15-25-22)20-13-14-21(28-20)27(16-7-3-1-4-8-16)17-9-5-2-6-10-17/h1-14H,15H2. The molecule has 0 N–H and O–H groups in total. The van der Waals surface area contributed by atoms with Gasteiger partial charge in [-0.15, -0.1) is 11.3 Å². The van der Waals surface area contributed by atoms with E-state index in [0.29, 0.717) is 6.67 Å². The van der Waals surface area contributed by atoms with Crippen molar-refractivity contribution in [1.29, 1.82) is 0 Å². The highest BCUT2D eigenvalue weighted by atomic mass is 79.9. The zero-order chi connectivity index (χ0) is 18.9. The molecule has 5 rings (SSSR count). The number of hydrogen-bond donors (Lipinski definition) is 0. The molecule has 28 heavy (non-hydrogen) atoms. The number of fused-ring (bicyclic) bond motifs is 1. The normalized spacial score (nSPS) is 12.2.